The molecule has 2 N–H and O–H groups in total. The highest BCUT2D eigenvalue weighted by atomic mass is 16.5. The van der Waals surface area contributed by atoms with Crippen molar-refractivity contribution in [2.75, 3.05) is 5.73 Å². The molecule has 1 aromatic carbocycles. The molecule has 0 aliphatic carbocycles. The van der Waals surface area contributed by atoms with Crippen molar-refractivity contribution in [3.05, 3.63) is 41.7 Å². The number of hydrogen-bond donors (Lipinski definition) is 1. The predicted molar refractivity (Wildman–Crippen MR) is 72.5 cm³/mol. The topological polar surface area (TPSA) is 76.9 Å². The molecule has 2 aromatic rings. The lowest BCUT2D eigenvalue weighted by Gasteiger charge is -2.08. The normalized spacial score (nSPS) is 10.4. The summed E-state index contributed by atoms with van der Waals surface area (Å²) >= 11 is 0. The minimum atomic E-state index is 0.328. The number of nitrogen functional groups attached to an aromatic ring is 1. The number of rotatable bonds is 4. The van der Waals surface area contributed by atoms with Crippen molar-refractivity contribution in [2.24, 2.45) is 0 Å². The van der Waals surface area contributed by atoms with Crippen molar-refractivity contribution in [2.45, 2.75) is 26.5 Å². The summed E-state index contributed by atoms with van der Waals surface area (Å²) < 4.78 is 7.48. The van der Waals surface area contributed by atoms with E-state index in [4.69, 9.17) is 15.7 Å². The van der Waals surface area contributed by atoms with Crippen LogP contribution in [0, 0.1) is 11.3 Å². The molecule has 0 saturated carbocycles. The Kier molecular flexibility index (Phi) is 3.71. The van der Waals surface area contributed by atoms with Crippen LogP contribution in [-0.2, 0) is 6.61 Å². The number of nitriles is 1. The first-order valence-electron chi connectivity index (χ1n) is 6.06. The molecule has 1 heterocycles. The summed E-state index contributed by atoms with van der Waals surface area (Å²) in [4.78, 5) is 0. The van der Waals surface area contributed by atoms with E-state index < -0.39 is 0 Å². The molecule has 98 valence electrons. The van der Waals surface area contributed by atoms with Crippen LogP contribution in [0.25, 0.3) is 0 Å². The van der Waals surface area contributed by atoms with Gasteiger partial charge >= 0.3 is 0 Å². The Balaban J connectivity index is 2.04. The molecular weight excluding hydrogens is 240 g/mol. The summed E-state index contributed by atoms with van der Waals surface area (Å²) in [6.07, 6.45) is 1.92. The third-order valence-electron chi connectivity index (χ3n) is 2.71. The highest BCUT2D eigenvalue weighted by Gasteiger charge is 2.05. The zero-order valence-corrected chi connectivity index (χ0v) is 11.0. The molecule has 0 amide bonds. The monoisotopic (exact) mass is 256 g/mol. The first-order chi connectivity index (χ1) is 9.10. The molecule has 1 aromatic heterocycles. The van der Waals surface area contributed by atoms with Gasteiger partial charge in [-0.05, 0) is 38.1 Å². The van der Waals surface area contributed by atoms with Crippen LogP contribution in [0.2, 0.25) is 0 Å². The largest absolute Gasteiger partial charge is 0.485 e. The van der Waals surface area contributed by atoms with Gasteiger partial charge in [0.1, 0.15) is 12.4 Å². The van der Waals surface area contributed by atoms with Crippen LogP contribution < -0.4 is 10.5 Å². The number of benzene rings is 1. The molecule has 5 heteroatoms. The Bertz CT molecular complexity index is 610. The van der Waals surface area contributed by atoms with Gasteiger partial charge in [-0.1, -0.05) is 0 Å². The number of hydrogen-bond acceptors (Lipinski definition) is 4. The lowest BCUT2D eigenvalue weighted by molar-refractivity contribution is 0.300. The fourth-order valence-corrected chi connectivity index (χ4v) is 1.64. The Morgan fingerprint density at radius 3 is 2.79 bits per heavy atom. The molecule has 19 heavy (non-hydrogen) atoms. The Morgan fingerprint density at radius 1 is 1.42 bits per heavy atom. The van der Waals surface area contributed by atoms with E-state index >= 15 is 0 Å². The molecule has 0 saturated heterocycles. The highest BCUT2D eigenvalue weighted by molar-refractivity contribution is 5.56. The van der Waals surface area contributed by atoms with Gasteiger partial charge in [-0.3, -0.25) is 4.68 Å². The van der Waals surface area contributed by atoms with E-state index in [2.05, 4.69) is 18.9 Å². The van der Waals surface area contributed by atoms with Gasteiger partial charge in [0.05, 0.1) is 23.0 Å². The van der Waals surface area contributed by atoms with Crippen LogP contribution in [-0.4, -0.2) is 9.78 Å². The molecule has 0 unspecified atom stereocenters. The van der Waals surface area contributed by atoms with Gasteiger partial charge in [-0.25, -0.2) is 0 Å². The van der Waals surface area contributed by atoms with Gasteiger partial charge in [0.15, 0.2) is 0 Å². The summed E-state index contributed by atoms with van der Waals surface area (Å²) in [6, 6.07) is 9.26. The average molecular weight is 256 g/mol. The maximum absolute atomic E-state index is 8.76. The van der Waals surface area contributed by atoms with Gasteiger partial charge in [-0.15, -0.1) is 0 Å². The van der Waals surface area contributed by atoms with E-state index in [1.807, 2.05) is 23.0 Å². The molecule has 2 rings (SSSR count). The van der Waals surface area contributed by atoms with Gasteiger partial charge in [-0.2, -0.15) is 10.4 Å². The Labute approximate surface area is 112 Å². The summed E-state index contributed by atoms with van der Waals surface area (Å²) in [5.74, 6) is 0.568. The van der Waals surface area contributed by atoms with E-state index in [1.54, 1.807) is 18.2 Å². The van der Waals surface area contributed by atoms with E-state index in [0.29, 0.717) is 29.6 Å². The zero-order chi connectivity index (χ0) is 13.8. The molecule has 0 aliphatic rings. The number of aromatic nitrogens is 2. The maximum atomic E-state index is 8.76. The molecule has 0 fully saturated rings. The number of ether oxygens (including phenoxy) is 1. The average Bonchev–Trinajstić information content (AvgIpc) is 2.86. The maximum Gasteiger partial charge on any atom is 0.142 e. The lowest BCUT2D eigenvalue weighted by atomic mass is 10.2. The Morgan fingerprint density at radius 2 is 2.21 bits per heavy atom. The first kappa shape index (κ1) is 13.0. The van der Waals surface area contributed by atoms with Crippen molar-refractivity contribution < 1.29 is 4.74 Å². The molecule has 0 spiro atoms. The van der Waals surface area contributed by atoms with Crippen LogP contribution in [0.1, 0.15) is 31.1 Å². The van der Waals surface area contributed by atoms with E-state index in [0.717, 1.165) is 5.69 Å². The molecule has 0 aliphatic heterocycles. The number of nitrogens with two attached hydrogens (primary N) is 1. The third-order valence-corrected chi connectivity index (χ3v) is 2.71. The first-order valence-corrected chi connectivity index (χ1v) is 6.06. The highest BCUT2D eigenvalue weighted by Crippen LogP contribution is 2.23. The van der Waals surface area contributed by atoms with Gasteiger partial charge in [0.2, 0.25) is 0 Å². The number of anilines is 1. The summed E-state index contributed by atoms with van der Waals surface area (Å²) in [6.45, 7) is 4.49. The number of nitrogens with zero attached hydrogens (tertiary/aromatic N) is 3. The molecular formula is C14H16N4O. The zero-order valence-electron chi connectivity index (χ0n) is 11.0. The van der Waals surface area contributed by atoms with Crippen LogP contribution in [0.3, 0.4) is 0 Å². The van der Waals surface area contributed by atoms with Crippen molar-refractivity contribution in [3.63, 3.8) is 0 Å². The van der Waals surface area contributed by atoms with Crippen LogP contribution >= 0.6 is 0 Å². The fourth-order valence-electron chi connectivity index (χ4n) is 1.64. The SMILES string of the molecule is CC(C)n1ccc(COc2ccc(C#N)cc2N)n1. The van der Waals surface area contributed by atoms with E-state index in [9.17, 15) is 0 Å². The predicted octanol–water partition coefficient (Wildman–Crippen LogP) is 2.50. The van der Waals surface area contributed by atoms with Gasteiger partial charge in [0.25, 0.3) is 0 Å². The summed E-state index contributed by atoms with van der Waals surface area (Å²) in [5, 5.41) is 13.1. The standard InChI is InChI=1S/C14H16N4O/c1-10(2)18-6-5-12(17-18)9-19-14-4-3-11(8-15)7-13(14)16/h3-7,10H,9,16H2,1-2H3. The van der Waals surface area contributed by atoms with Crippen molar-refractivity contribution in [1.82, 2.24) is 9.78 Å². The lowest BCUT2D eigenvalue weighted by Crippen LogP contribution is -2.04. The van der Waals surface area contributed by atoms with Gasteiger partial charge < -0.3 is 10.5 Å². The molecule has 5 nitrogen and oxygen atoms in total. The smallest absolute Gasteiger partial charge is 0.142 e. The minimum Gasteiger partial charge on any atom is -0.485 e. The van der Waals surface area contributed by atoms with Crippen LogP contribution in [0.15, 0.2) is 30.5 Å². The van der Waals surface area contributed by atoms with Crippen molar-refractivity contribution >= 4 is 5.69 Å². The van der Waals surface area contributed by atoms with E-state index in [1.165, 1.54) is 0 Å². The fraction of sp³-hybridized carbons (Fsp3) is 0.286. The Hall–Kier alpha value is -2.48. The second-order valence-corrected chi connectivity index (χ2v) is 4.53. The molecule has 0 bridgehead atoms. The van der Waals surface area contributed by atoms with Crippen LogP contribution in [0.4, 0.5) is 5.69 Å². The van der Waals surface area contributed by atoms with Crippen LogP contribution in [0.5, 0.6) is 5.75 Å². The molecule has 0 atom stereocenters. The minimum absolute atomic E-state index is 0.328. The second-order valence-electron chi connectivity index (χ2n) is 4.53. The third kappa shape index (κ3) is 3.05. The van der Waals surface area contributed by atoms with Crippen molar-refractivity contribution in [1.29, 1.82) is 5.26 Å². The van der Waals surface area contributed by atoms with Gasteiger partial charge in [0, 0.05) is 12.2 Å². The summed E-state index contributed by atoms with van der Waals surface area (Å²) in [5.41, 5.74) is 7.64. The summed E-state index contributed by atoms with van der Waals surface area (Å²) in [7, 11) is 0. The quantitative estimate of drug-likeness (QED) is 0.852. The molecule has 0 radical (unpaired) electrons. The second kappa shape index (κ2) is 5.44. The van der Waals surface area contributed by atoms with Crippen molar-refractivity contribution in [3.8, 4) is 11.8 Å². The van der Waals surface area contributed by atoms with E-state index in [-0.39, 0.29) is 0 Å².